The molecule has 0 saturated heterocycles. The van der Waals surface area contributed by atoms with Gasteiger partial charge in [-0.3, -0.25) is 0 Å². The Kier molecular flexibility index (Phi) is 36.6. The molecular formula is H6Cl2O6P2+2. The number of hydrogen-bond donors (Lipinski definition) is 4. The van der Waals surface area contributed by atoms with Crippen molar-refractivity contribution < 1.29 is 28.7 Å². The van der Waals surface area contributed by atoms with Gasteiger partial charge < -0.3 is 0 Å². The lowest BCUT2D eigenvalue weighted by Gasteiger charge is -1.34. The Hall–Kier alpha value is 0.620. The van der Waals surface area contributed by atoms with Gasteiger partial charge in [0.1, 0.15) is 0 Å². The molecule has 6 nitrogen and oxygen atoms in total. The normalized spacial score (nSPS) is 5.20. The molecule has 0 aliphatic rings. The molecule has 0 saturated carbocycles. The molecule has 64 valence electrons. The SMILES string of the molecule is Cl.Cl.O=[P+](O)O.O=[P+](O)O. The molecule has 0 heterocycles. The summed E-state index contributed by atoms with van der Waals surface area (Å²) in [5.74, 6) is 0. The van der Waals surface area contributed by atoms with Crippen molar-refractivity contribution in [1.29, 1.82) is 0 Å². The first-order valence-electron chi connectivity index (χ1n) is 1.17. The third kappa shape index (κ3) is 1300. The van der Waals surface area contributed by atoms with E-state index in [-0.39, 0.29) is 24.8 Å². The maximum absolute atomic E-state index is 8.70. The van der Waals surface area contributed by atoms with E-state index in [1.165, 1.54) is 0 Å². The monoisotopic (exact) mass is 234 g/mol. The summed E-state index contributed by atoms with van der Waals surface area (Å²) in [6.07, 6.45) is 0. The van der Waals surface area contributed by atoms with Gasteiger partial charge >= 0.3 is 16.5 Å². The highest BCUT2D eigenvalue weighted by atomic mass is 35.5. The van der Waals surface area contributed by atoms with Crippen LogP contribution in [0.25, 0.3) is 0 Å². The van der Waals surface area contributed by atoms with Crippen molar-refractivity contribution in [3.8, 4) is 0 Å². The van der Waals surface area contributed by atoms with Gasteiger partial charge in [0.15, 0.2) is 0 Å². The maximum atomic E-state index is 8.70. The van der Waals surface area contributed by atoms with Crippen LogP contribution in [0.4, 0.5) is 0 Å². The summed E-state index contributed by atoms with van der Waals surface area (Å²) in [7, 11) is -5.74. The van der Waals surface area contributed by atoms with E-state index in [0.717, 1.165) is 0 Å². The Balaban J connectivity index is -0.0000000300. The molecule has 0 atom stereocenters. The Morgan fingerprint density at radius 3 is 0.700 bits per heavy atom. The molecule has 0 aliphatic carbocycles. The summed E-state index contributed by atoms with van der Waals surface area (Å²) < 4.78 is 17.4. The van der Waals surface area contributed by atoms with Crippen LogP contribution >= 0.6 is 41.3 Å². The molecule has 0 aromatic heterocycles. The fraction of sp³-hybridized carbons (Fsp3) is 0. The molecule has 0 radical (unpaired) electrons. The minimum atomic E-state index is -2.87. The molecule has 0 bridgehead atoms. The van der Waals surface area contributed by atoms with Crippen molar-refractivity contribution >= 4 is 41.3 Å². The van der Waals surface area contributed by atoms with Crippen LogP contribution in [0.5, 0.6) is 0 Å². The fourth-order valence-corrected chi connectivity index (χ4v) is 0. The number of hydrogen-bond acceptors (Lipinski definition) is 2. The van der Waals surface area contributed by atoms with Crippen LogP contribution in [-0.2, 0) is 9.13 Å². The average molecular weight is 235 g/mol. The first-order valence-corrected chi connectivity index (χ1v) is 3.50. The van der Waals surface area contributed by atoms with Crippen LogP contribution in [0, 0.1) is 0 Å². The van der Waals surface area contributed by atoms with E-state index in [9.17, 15) is 0 Å². The smallest absolute Gasteiger partial charge is 0.147 e. The molecule has 0 amide bonds. The van der Waals surface area contributed by atoms with Crippen LogP contribution in [0.15, 0.2) is 0 Å². The largest absolute Gasteiger partial charge is 0.692 e. The fourth-order valence-electron chi connectivity index (χ4n) is 0. The summed E-state index contributed by atoms with van der Waals surface area (Å²) in [6, 6.07) is 0. The van der Waals surface area contributed by atoms with Crippen molar-refractivity contribution in [3.05, 3.63) is 0 Å². The molecule has 0 aromatic rings. The second-order valence-electron chi connectivity index (χ2n) is 0.505. The van der Waals surface area contributed by atoms with Crippen LogP contribution in [0.2, 0.25) is 0 Å². The molecule has 4 N–H and O–H groups in total. The van der Waals surface area contributed by atoms with Gasteiger partial charge in [0.2, 0.25) is 0 Å². The van der Waals surface area contributed by atoms with Crippen LogP contribution in [0.1, 0.15) is 0 Å². The topological polar surface area (TPSA) is 115 Å². The van der Waals surface area contributed by atoms with Crippen molar-refractivity contribution in [2.45, 2.75) is 0 Å². The van der Waals surface area contributed by atoms with Gasteiger partial charge in [-0.15, -0.1) is 44.4 Å². The Morgan fingerprint density at radius 1 is 0.700 bits per heavy atom. The third-order valence-corrected chi connectivity index (χ3v) is 0. The molecule has 0 aromatic carbocycles. The predicted molar refractivity (Wildman–Crippen MR) is 38.6 cm³/mol. The Labute approximate surface area is 70.6 Å². The molecule has 0 aliphatic heterocycles. The quantitative estimate of drug-likeness (QED) is 0.442. The van der Waals surface area contributed by atoms with E-state index in [1.54, 1.807) is 0 Å². The van der Waals surface area contributed by atoms with Crippen LogP contribution < -0.4 is 0 Å². The van der Waals surface area contributed by atoms with E-state index in [1.807, 2.05) is 0 Å². The van der Waals surface area contributed by atoms with E-state index < -0.39 is 16.5 Å². The molecule has 0 unspecified atom stereocenters. The Morgan fingerprint density at radius 2 is 0.700 bits per heavy atom. The summed E-state index contributed by atoms with van der Waals surface area (Å²) >= 11 is 0. The minimum absolute atomic E-state index is 0. The number of rotatable bonds is 0. The second-order valence-corrected chi connectivity index (χ2v) is 1.52. The van der Waals surface area contributed by atoms with Crippen LogP contribution in [0.3, 0.4) is 0 Å². The van der Waals surface area contributed by atoms with Gasteiger partial charge in [-0.2, -0.15) is 0 Å². The number of halogens is 2. The average Bonchev–Trinajstić information content (AvgIpc) is 1.25. The van der Waals surface area contributed by atoms with Gasteiger partial charge in [0.25, 0.3) is 0 Å². The van der Waals surface area contributed by atoms with Crippen molar-refractivity contribution in [1.82, 2.24) is 0 Å². The van der Waals surface area contributed by atoms with Gasteiger partial charge in [0, 0.05) is 9.13 Å². The zero-order valence-electron chi connectivity index (χ0n) is 4.32. The lowest BCUT2D eigenvalue weighted by molar-refractivity contribution is 0.403. The molecule has 0 spiro atoms. The molecule has 0 rings (SSSR count). The summed E-state index contributed by atoms with van der Waals surface area (Å²) in [6.45, 7) is 0. The first kappa shape index (κ1) is 22.4. The second kappa shape index (κ2) is 16.3. The summed E-state index contributed by atoms with van der Waals surface area (Å²) in [5.41, 5.74) is 0. The van der Waals surface area contributed by atoms with E-state index in [4.69, 9.17) is 28.7 Å². The van der Waals surface area contributed by atoms with E-state index in [2.05, 4.69) is 0 Å². The molecule has 10 heteroatoms. The van der Waals surface area contributed by atoms with Gasteiger partial charge in [-0.05, 0) is 0 Å². The molecule has 0 fully saturated rings. The summed E-state index contributed by atoms with van der Waals surface area (Å²) in [5, 5.41) is 0. The van der Waals surface area contributed by atoms with Crippen LogP contribution in [-0.4, -0.2) is 19.6 Å². The van der Waals surface area contributed by atoms with Gasteiger partial charge in [-0.1, -0.05) is 0 Å². The highest BCUT2D eigenvalue weighted by Gasteiger charge is 1.93. The predicted octanol–water partition coefficient (Wildman–Crippen LogP) is 0.100. The zero-order chi connectivity index (χ0) is 7.15. The van der Waals surface area contributed by atoms with Crippen molar-refractivity contribution in [3.63, 3.8) is 0 Å². The Bertz CT molecular complexity index is 71.7. The summed E-state index contributed by atoms with van der Waals surface area (Å²) in [4.78, 5) is 28.5. The zero-order valence-corrected chi connectivity index (χ0v) is 7.74. The maximum Gasteiger partial charge on any atom is 0.692 e. The lowest BCUT2D eigenvalue weighted by Crippen LogP contribution is -1.38. The van der Waals surface area contributed by atoms with Crippen molar-refractivity contribution in [2.24, 2.45) is 0 Å². The van der Waals surface area contributed by atoms with E-state index >= 15 is 0 Å². The minimum Gasteiger partial charge on any atom is -0.147 e. The first-order chi connectivity index (χ1) is 3.46. The van der Waals surface area contributed by atoms with Gasteiger partial charge in [-0.25, -0.2) is 0 Å². The highest BCUT2D eigenvalue weighted by molar-refractivity contribution is 7.31. The molecule has 10 heavy (non-hydrogen) atoms. The highest BCUT2D eigenvalue weighted by Crippen LogP contribution is 1.98. The molecular weight excluding hydrogens is 229 g/mol. The third-order valence-electron chi connectivity index (χ3n) is 0. The van der Waals surface area contributed by atoms with Gasteiger partial charge in [0.05, 0.1) is 0 Å². The van der Waals surface area contributed by atoms with E-state index in [0.29, 0.717) is 0 Å². The standard InChI is InChI=1S/2ClH.2HO3P/c;;2*1-4(2)3/h2*1H;2*(H-,1,2,3)/p+2. The van der Waals surface area contributed by atoms with Crippen molar-refractivity contribution in [2.75, 3.05) is 0 Å². The lowest BCUT2D eigenvalue weighted by atomic mass is 15.8.